The number of aryl methyl sites for hydroxylation is 1. The van der Waals surface area contributed by atoms with E-state index >= 15 is 8.78 Å². The van der Waals surface area contributed by atoms with Gasteiger partial charge in [-0.2, -0.15) is 5.26 Å². The van der Waals surface area contributed by atoms with Gasteiger partial charge in [0.1, 0.15) is 11.2 Å². The molecule has 1 aromatic carbocycles. The maximum atomic E-state index is 16.0. The van der Waals surface area contributed by atoms with Gasteiger partial charge in [0.05, 0.1) is 18.2 Å². The van der Waals surface area contributed by atoms with Gasteiger partial charge in [0.25, 0.3) is 0 Å². The molecule has 2 unspecified atom stereocenters. The van der Waals surface area contributed by atoms with E-state index in [2.05, 4.69) is 23.3 Å². The first-order chi connectivity index (χ1) is 15.7. The van der Waals surface area contributed by atoms with Crippen LogP contribution in [0.25, 0.3) is 0 Å². The van der Waals surface area contributed by atoms with Crippen molar-refractivity contribution in [2.75, 3.05) is 11.9 Å². The molecule has 1 heterocycles. The van der Waals surface area contributed by atoms with Crippen molar-refractivity contribution < 1.29 is 18.3 Å². The average Bonchev–Trinajstić information content (AvgIpc) is 2.80. The summed E-state index contributed by atoms with van der Waals surface area (Å²) in [6.07, 6.45) is 5.93. The molecular weight excluding hydrogens is 424 g/mol. The number of benzene rings is 1. The van der Waals surface area contributed by atoms with Gasteiger partial charge in [-0.25, -0.2) is 18.6 Å². The molecule has 0 bridgehead atoms. The van der Waals surface area contributed by atoms with Crippen LogP contribution in [0.5, 0.6) is 0 Å². The summed E-state index contributed by atoms with van der Waals surface area (Å²) in [5.74, 6) is -2.33. The highest BCUT2D eigenvalue weighted by atomic mass is 19.1. The first-order valence-corrected chi connectivity index (χ1v) is 11.5. The van der Waals surface area contributed by atoms with Crippen molar-refractivity contribution in [3.63, 3.8) is 0 Å². The Balaban J connectivity index is 2.68. The Hall–Kier alpha value is -3.01. The Morgan fingerprint density at radius 3 is 2.58 bits per heavy atom. The third-order valence-electron chi connectivity index (χ3n) is 5.96. The Labute approximate surface area is 195 Å². The van der Waals surface area contributed by atoms with E-state index in [1.165, 1.54) is 19.2 Å². The minimum Gasteiger partial charge on any atom is -0.462 e. The molecule has 0 fully saturated rings. The van der Waals surface area contributed by atoms with Gasteiger partial charge in [-0.05, 0) is 39.2 Å². The summed E-state index contributed by atoms with van der Waals surface area (Å²) in [5, 5.41) is 13.3. The maximum absolute atomic E-state index is 16.0. The highest BCUT2D eigenvalue weighted by Crippen LogP contribution is 2.39. The lowest BCUT2D eigenvalue weighted by atomic mass is 9.75. The van der Waals surface area contributed by atoms with Gasteiger partial charge < -0.3 is 10.1 Å². The molecule has 2 aromatic rings. The first-order valence-electron chi connectivity index (χ1n) is 11.5. The molecule has 0 spiro atoms. The second-order valence-corrected chi connectivity index (χ2v) is 8.35. The number of hydrogen-bond donors (Lipinski definition) is 1. The molecule has 0 saturated heterocycles. The number of anilines is 1. The van der Waals surface area contributed by atoms with Crippen molar-refractivity contribution >= 4 is 11.8 Å². The molecule has 1 N–H and O–H groups in total. The SMILES string of the molecule is CCCCCC(CC)Nc1ncc(C(=O)OCC)c(C(C)(C#N)c2cccc(C)c2F)c1F. The summed E-state index contributed by atoms with van der Waals surface area (Å²) >= 11 is 0. The van der Waals surface area contributed by atoms with E-state index in [4.69, 9.17) is 4.74 Å². The molecule has 0 saturated carbocycles. The number of esters is 1. The van der Waals surface area contributed by atoms with Crippen LogP contribution >= 0.6 is 0 Å². The number of ether oxygens (including phenoxy) is 1. The zero-order chi connectivity index (χ0) is 24.6. The quantitative estimate of drug-likeness (QED) is 0.310. The zero-order valence-corrected chi connectivity index (χ0v) is 20.1. The van der Waals surface area contributed by atoms with Gasteiger partial charge in [-0.1, -0.05) is 51.3 Å². The van der Waals surface area contributed by atoms with Crippen molar-refractivity contribution in [2.45, 2.75) is 78.2 Å². The molecule has 0 amide bonds. The van der Waals surface area contributed by atoms with E-state index in [0.29, 0.717) is 5.56 Å². The van der Waals surface area contributed by atoms with Gasteiger partial charge in [-0.3, -0.25) is 0 Å². The number of halogens is 2. The topological polar surface area (TPSA) is 75.0 Å². The summed E-state index contributed by atoms with van der Waals surface area (Å²) in [6, 6.07) is 6.64. The van der Waals surface area contributed by atoms with E-state index in [1.807, 2.05) is 6.92 Å². The minimum absolute atomic E-state index is 0.0124. The van der Waals surface area contributed by atoms with E-state index in [0.717, 1.165) is 32.1 Å². The summed E-state index contributed by atoms with van der Waals surface area (Å²) in [6.45, 7) is 8.79. The van der Waals surface area contributed by atoms with Crippen molar-refractivity contribution in [3.05, 3.63) is 58.3 Å². The normalized spacial score (nSPS) is 13.6. The average molecular weight is 458 g/mol. The molecule has 0 radical (unpaired) electrons. The Morgan fingerprint density at radius 2 is 1.97 bits per heavy atom. The van der Waals surface area contributed by atoms with Crippen LogP contribution in [-0.2, 0) is 10.2 Å². The van der Waals surface area contributed by atoms with Gasteiger partial charge >= 0.3 is 5.97 Å². The lowest BCUT2D eigenvalue weighted by Gasteiger charge is -2.28. The highest BCUT2D eigenvalue weighted by molar-refractivity contribution is 5.92. The number of nitriles is 1. The Bertz CT molecular complexity index is 1020. The lowest BCUT2D eigenvalue weighted by Crippen LogP contribution is -2.30. The summed E-state index contributed by atoms with van der Waals surface area (Å²) in [7, 11) is 0. The van der Waals surface area contributed by atoms with Crippen molar-refractivity contribution in [2.24, 2.45) is 0 Å². The molecular formula is C26H33F2N3O2. The number of rotatable bonds is 11. The third-order valence-corrected chi connectivity index (χ3v) is 5.96. The fraction of sp³-hybridized carbons (Fsp3) is 0.500. The van der Waals surface area contributed by atoms with Gasteiger partial charge in [0.2, 0.25) is 0 Å². The number of hydrogen-bond acceptors (Lipinski definition) is 5. The molecule has 0 aliphatic rings. The van der Waals surface area contributed by atoms with Crippen molar-refractivity contribution in [1.29, 1.82) is 5.26 Å². The van der Waals surface area contributed by atoms with Crippen LogP contribution in [0, 0.1) is 29.9 Å². The highest BCUT2D eigenvalue weighted by Gasteiger charge is 2.40. The first kappa shape index (κ1) is 26.2. The smallest absolute Gasteiger partial charge is 0.340 e. The maximum Gasteiger partial charge on any atom is 0.340 e. The van der Waals surface area contributed by atoms with Crippen LogP contribution in [0.4, 0.5) is 14.6 Å². The van der Waals surface area contributed by atoms with Crippen LogP contribution in [0.15, 0.2) is 24.4 Å². The Morgan fingerprint density at radius 1 is 1.24 bits per heavy atom. The number of nitrogens with one attached hydrogen (secondary N) is 1. The van der Waals surface area contributed by atoms with Crippen molar-refractivity contribution in [3.8, 4) is 6.07 Å². The fourth-order valence-electron chi connectivity index (χ4n) is 3.94. The molecule has 0 aliphatic carbocycles. The minimum atomic E-state index is -1.79. The van der Waals surface area contributed by atoms with Crippen LogP contribution in [-0.4, -0.2) is 23.6 Å². The van der Waals surface area contributed by atoms with Gasteiger partial charge in [-0.15, -0.1) is 0 Å². The Kier molecular flexibility index (Phi) is 9.33. The molecule has 1 aromatic heterocycles. The summed E-state index contributed by atoms with van der Waals surface area (Å²) in [5.41, 5.74) is -1.91. The predicted octanol–water partition coefficient (Wildman–Crippen LogP) is 6.45. The monoisotopic (exact) mass is 457 g/mol. The molecule has 2 rings (SSSR count). The number of pyridine rings is 1. The van der Waals surface area contributed by atoms with Crippen LogP contribution in [0.1, 0.15) is 86.8 Å². The number of unbranched alkanes of at least 4 members (excludes halogenated alkanes) is 2. The molecule has 2 atom stereocenters. The summed E-state index contributed by atoms with van der Waals surface area (Å²) < 4.78 is 36.2. The van der Waals surface area contributed by atoms with E-state index in [1.54, 1.807) is 26.0 Å². The van der Waals surface area contributed by atoms with Crippen molar-refractivity contribution in [1.82, 2.24) is 4.98 Å². The van der Waals surface area contributed by atoms with Gasteiger partial charge in [0.15, 0.2) is 11.6 Å². The number of aromatic nitrogens is 1. The van der Waals surface area contributed by atoms with Crippen LogP contribution in [0.2, 0.25) is 0 Å². The number of carbonyl (C=O) groups excluding carboxylic acids is 1. The zero-order valence-electron chi connectivity index (χ0n) is 20.1. The fourth-order valence-corrected chi connectivity index (χ4v) is 3.94. The lowest BCUT2D eigenvalue weighted by molar-refractivity contribution is 0.0523. The molecule has 5 nitrogen and oxygen atoms in total. The molecule has 33 heavy (non-hydrogen) atoms. The van der Waals surface area contributed by atoms with Gasteiger partial charge in [0, 0.05) is 23.4 Å². The van der Waals surface area contributed by atoms with E-state index in [9.17, 15) is 10.1 Å². The second kappa shape index (κ2) is 11.7. The van der Waals surface area contributed by atoms with Crippen LogP contribution < -0.4 is 5.32 Å². The second-order valence-electron chi connectivity index (χ2n) is 8.35. The molecule has 7 heteroatoms. The van der Waals surface area contributed by atoms with Crippen LogP contribution in [0.3, 0.4) is 0 Å². The molecule has 0 aliphatic heterocycles. The largest absolute Gasteiger partial charge is 0.462 e. The number of nitrogens with zero attached hydrogens (tertiary/aromatic N) is 2. The molecule has 178 valence electrons. The summed E-state index contributed by atoms with van der Waals surface area (Å²) in [4.78, 5) is 16.8. The third kappa shape index (κ3) is 5.68. The number of carbonyl (C=O) groups is 1. The van der Waals surface area contributed by atoms with E-state index in [-0.39, 0.29) is 35.2 Å². The van der Waals surface area contributed by atoms with E-state index < -0.39 is 23.0 Å². The predicted molar refractivity (Wildman–Crippen MR) is 125 cm³/mol. The standard InChI is InChI=1S/C26H33F2N3O2/c1-6-9-10-13-18(7-2)31-24-23(28)21(19(15-30-24)25(32)33-8-3)26(5,16-29)20-14-11-12-17(4)22(20)27/h11-12,14-15,18H,6-10,13H2,1-5H3,(H,30,31).